The van der Waals surface area contributed by atoms with Crippen molar-refractivity contribution < 1.29 is 9.15 Å². The molecular formula is C21H23N7O2. The van der Waals surface area contributed by atoms with Gasteiger partial charge in [0.15, 0.2) is 5.76 Å². The highest BCUT2D eigenvalue weighted by Crippen LogP contribution is 2.19. The van der Waals surface area contributed by atoms with Gasteiger partial charge in [-0.1, -0.05) is 24.3 Å². The number of nitrogen functional groups attached to an aromatic ring is 1. The van der Waals surface area contributed by atoms with E-state index in [1.54, 1.807) is 18.4 Å². The van der Waals surface area contributed by atoms with Crippen LogP contribution < -0.4 is 11.1 Å². The number of aromatic nitrogens is 5. The Morgan fingerprint density at radius 1 is 1.10 bits per heavy atom. The fourth-order valence-corrected chi connectivity index (χ4v) is 3.63. The zero-order valence-electron chi connectivity index (χ0n) is 16.5. The van der Waals surface area contributed by atoms with Crippen LogP contribution in [0, 0.1) is 5.92 Å². The van der Waals surface area contributed by atoms with Gasteiger partial charge in [0.1, 0.15) is 0 Å². The Kier molecular flexibility index (Phi) is 5.02. The number of furan rings is 1. The van der Waals surface area contributed by atoms with Crippen molar-refractivity contribution in [3.05, 3.63) is 53.8 Å². The van der Waals surface area contributed by atoms with Gasteiger partial charge in [0.05, 0.1) is 6.26 Å². The standard InChI is InChI=1S/C21H23N7O2/c22-19-25-20(26-21-24-18(27-28(19)21)17-2-1-10-30-17)23-9-7-14-3-5-15(6-4-14)12-16-8-11-29-13-16/h1-6,10,16H,7-9,11-13H2,(H3,22,23,24,25,26,27). The number of hydrogen-bond acceptors (Lipinski definition) is 8. The van der Waals surface area contributed by atoms with Gasteiger partial charge >= 0.3 is 0 Å². The van der Waals surface area contributed by atoms with Crippen molar-refractivity contribution in [2.75, 3.05) is 30.8 Å². The van der Waals surface area contributed by atoms with Crippen LogP contribution in [-0.2, 0) is 17.6 Å². The topological polar surface area (TPSA) is 116 Å². The first kappa shape index (κ1) is 18.6. The van der Waals surface area contributed by atoms with E-state index in [-0.39, 0.29) is 5.95 Å². The third-order valence-corrected chi connectivity index (χ3v) is 5.24. The van der Waals surface area contributed by atoms with Crippen LogP contribution in [0.15, 0.2) is 47.1 Å². The molecule has 0 saturated carbocycles. The van der Waals surface area contributed by atoms with Gasteiger partial charge in [-0.2, -0.15) is 19.5 Å². The van der Waals surface area contributed by atoms with Gasteiger partial charge in [-0.05, 0) is 48.4 Å². The monoisotopic (exact) mass is 405 g/mol. The Hall–Kier alpha value is -3.46. The molecule has 0 spiro atoms. The van der Waals surface area contributed by atoms with Crippen molar-refractivity contribution in [3.63, 3.8) is 0 Å². The zero-order valence-corrected chi connectivity index (χ0v) is 16.5. The summed E-state index contributed by atoms with van der Waals surface area (Å²) in [4.78, 5) is 13.0. The van der Waals surface area contributed by atoms with Gasteiger partial charge in [0.25, 0.3) is 5.78 Å². The SMILES string of the molecule is Nc1nc(NCCc2ccc(CC3CCOC3)cc2)nc2nc(-c3ccco3)nn12. The number of rotatable bonds is 7. The minimum atomic E-state index is 0.216. The van der Waals surface area contributed by atoms with Crippen molar-refractivity contribution in [2.24, 2.45) is 5.92 Å². The molecule has 1 aliphatic heterocycles. The summed E-state index contributed by atoms with van der Waals surface area (Å²) in [5, 5.41) is 7.51. The van der Waals surface area contributed by atoms with E-state index in [1.165, 1.54) is 15.6 Å². The first-order valence-corrected chi connectivity index (χ1v) is 10.1. The maximum atomic E-state index is 6.02. The summed E-state index contributed by atoms with van der Waals surface area (Å²) in [6, 6.07) is 12.3. The molecule has 1 atom stereocenters. The van der Waals surface area contributed by atoms with Crippen LogP contribution in [-0.4, -0.2) is 44.3 Å². The number of hydrogen-bond donors (Lipinski definition) is 2. The van der Waals surface area contributed by atoms with E-state index in [4.69, 9.17) is 14.9 Å². The highest BCUT2D eigenvalue weighted by Gasteiger charge is 2.16. The number of nitrogens with two attached hydrogens (primary N) is 1. The van der Waals surface area contributed by atoms with Crippen LogP contribution in [0.2, 0.25) is 0 Å². The number of nitrogens with one attached hydrogen (secondary N) is 1. The quantitative estimate of drug-likeness (QED) is 0.482. The summed E-state index contributed by atoms with van der Waals surface area (Å²) in [6.45, 7) is 2.46. The Bertz CT molecular complexity index is 1120. The van der Waals surface area contributed by atoms with Crippen LogP contribution in [0.5, 0.6) is 0 Å². The number of ether oxygens (including phenoxy) is 1. The molecule has 3 aromatic heterocycles. The number of nitrogens with zero attached hydrogens (tertiary/aromatic N) is 5. The molecule has 3 N–H and O–H groups in total. The molecule has 1 unspecified atom stereocenters. The summed E-state index contributed by atoms with van der Waals surface area (Å²) in [6.07, 6.45) is 4.67. The predicted molar refractivity (Wildman–Crippen MR) is 112 cm³/mol. The van der Waals surface area contributed by atoms with Crippen LogP contribution >= 0.6 is 0 Å². The fraction of sp³-hybridized carbons (Fsp3) is 0.333. The Morgan fingerprint density at radius 3 is 2.73 bits per heavy atom. The molecule has 1 saturated heterocycles. The molecule has 0 amide bonds. The van der Waals surface area contributed by atoms with Gasteiger partial charge < -0.3 is 20.2 Å². The molecule has 1 aliphatic rings. The summed E-state index contributed by atoms with van der Waals surface area (Å²) >= 11 is 0. The lowest BCUT2D eigenvalue weighted by Crippen LogP contribution is -2.12. The number of benzene rings is 1. The van der Waals surface area contributed by atoms with Gasteiger partial charge in [-0.15, -0.1) is 5.10 Å². The number of anilines is 2. The maximum absolute atomic E-state index is 6.02. The average Bonchev–Trinajstić information content (AvgIpc) is 3.51. The molecule has 0 bridgehead atoms. The normalized spacial score (nSPS) is 16.3. The third-order valence-electron chi connectivity index (χ3n) is 5.24. The molecule has 0 aliphatic carbocycles. The van der Waals surface area contributed by atoms with Gasteiger partial charge in [-0.25, -0.2) is 0 Å². The molecule has 5 rings (SSSR count). The van der Waals surface area contributed by atoms with Gasteiger partial charge in [0.2, 0.25) is 17.7 Å². The van der Waals surface area contributed by atoms with Crippen molar-refractivity contribution in [3.8, 4) is 11.6 Å². The summed E-state index contributed by atoms with van der Waals surface area (Å²) in [7, 11) is 0. The van der Waals surface area contributed by atoms with Gasteiger partial charge in [-0.3, -0.25) is 0 Å². The smallest absolute Gasteiger partial charge is 0.259 e. The first-order chi connectivity index (χ1) is 14.7. The molecule has 4 heterocycles. The van der Waals surface area contributed by atoms with Crippen LogP contribution in [0.1, 0.15) is 17.5 Å². The second kappa shape index (κ2) is 8.11. The Labute approximate surface area is 173 Å². The molecule has 154 valence electrons. The van der Waals surface area contributed by atoms with E-state index >= 15 is 0 Å². The number of fused-ring (bicyclic) bond motifs is 1. The second-order valence-electron chi connectivity index (χ2n) is 7.46. The third kappa shape index (κ3) is 3.97. The second-order valence-corrected chi connectivity index (χ2v) is 7.46. The van der Waals surface area contributed by atoms with Crippen molar-refractivity contribution in [1.29, 1.82) is 0 Å². The molecule has 0 radical (unpaired) electrons. The minimum Gasteiger partial charge on any atom is -0.461 e. The predicted octanol–water partition coefficient (Wildman–Crippen LogP) is 2.60. The van der Waals surface area contributed by atoms with Crippen molar-refractivity contribution in [2.45, 2.75) is 19.3 Å². The van der Waals surface area contributed by atoms with E-state index in [2.05, 4.69) is 49.6 Å². The molecule has 1 fully saturated rings. The highest BCUT2D eigenvalue weighted by molar-refractivity contribution is 5.52. The molecule has 4 aromatic rings. The highest BCUT2D eigenvalue weighted by atomic mass is 16.5. The zero-order chi connectivity index (χ0) is 20.3. The van der Waals surface area contributed by atoms with E-state index in [0.717, 1.165) is 32.5 Å². The van der Waals surface area contributed by atoms with E-state index < -0.39 is 0 Å². The van der Waals surface area contributed by atoms with Crippen molar-refractivity contribution >= 4 is 17.7 Å². The van der Waals surface area contributed by atoms with E-state index in [1.807, 2.05) is 0 Å². The summed E-state index contributed by atoms with van der Waals surface area (Å²) in [5.41, 5.74) is 8.64. The van der Waals surface area contributed by atoms with E-state index in [9.17, 15) is 0 Å². The summed E-state index contributed by atoms with van der Waals surface area (Å²) in [5.74, 6) is 2.64. The molecule has 30 heavy (non-hydrogen) atoms. The summed E-state index contributed by atoms with van der Waals surface area (Å²) < 4.78 is 12.2. The lowest BCUT2D eigenvalue weighted by Gasteiger charge is -2.09. The molecule has 9 nitrogen and oxygen atoms in total. The lowest BCUT2D eigenvalue weighted by molar-refractivity contribution is 0.186. The average molecular weight is 405 g/mol. The first-order valence-electron chi connectivity index (χ1n) is 10.1. The van der Waals surface area contributed by atoms with E-state index in [0.29, 0.717) is 35.8 Å². The fourth-order valence-electron chi connectivity index (χ4n) is 3.63. The van der Waals surface area contributed by atoms with Crippen LogP contribution in [0.25, 0.3) is 17.4 Å². The van der Waals surface area contributed by atoms with Crippen molar-refractivity contribution in [1.82, 2.24) is 24.6 Å². The Balaban J connectivity index is 1.21. The van der Waals surface area contributed by atoms with Gasteiger partial charge in [0, 0.05) is 19.8 Å². The Morgan fingerprint density at radius 2 is 1.97 bits per heavy atom. The molecular weight excluding hydrogens is 382 g/mol. The molecule has 1 aromatic carbocycles. The minimum absolute atomic E-state index is 0.216. The molecule has 9 heteroatoms. The largest absolute Gasteiger partial charge is 0.461 e. The lowest BCUT2D eigenvalue weighted by atomic mass is 9.97. The maximum Gasteiger partial charge on any atom is 0.259 e. The van der Waals surface area contributed by atoms with Crippen LogP contribution in [0.4, 0.5) is 11.9 Å². The van der Waals surface area contributed by atoms with Crippen LogP contribution in [0.3, 0.4) is 0 Å².